The van der Waals surface area contributed by atoms with E-state index in [-0.39, 0.29) is 29.3 Å². The van der Waals surface area contributed by atoms with Gasteiger partial charge in [-0.2, -0.15) is 5.10 Å². The van der Waals surface area contributed by atoms with Gasteiger partial charge in [-0.05, 0) is 42.0 Å². The summed E-state index contributed by atoms with van der Waals surface area (Å²) < 4.78 is 0. The number of carbonyl (C=O) groups excluding carboxylic acids is 1. The average Bonchev–Trinajstić information content (AvgIpc) is 2.94. The number of Topliss-reactive ketones (excluding diaryl/α,β-unsaturated/α-hetero) is 1. The summed E-state index contributed by atoms with van der Waals surface area (Å²) in [4.78, 5) is 15.2. The predicted molar refractivity (Wildman–Crippen MR) is 105 cm³/mol. The van der Waals surface area contributed by atoms with Crippen LogP contribution >= 0.6 is 0 Å². The Labute approximate surface area is 155 Å². The average molecular weight is 352 g/mol. The van der Waals surface area contributed by atoms with Crippen LogP contribution in [0.15, 0.2) is 40.5 Å². The van der Waals surface area contributed by atoms with Crippen molar-refractivity contribution >= 4 is 17.2 Å². The summed E-state index contributed by atoms with van der Waals surface area (Å²) in [5.74, 6) is 0.467. The van der Waals surface area contributed by atoms with Gasteiger partial charge in [0.25, 0.3) is 0 Å². The highest BCUT2D eigenvalue weighted by atomic mass is 16.1. The van der Waals surface area contributed by atoms with Crippen LogP contribution in [0.4, 0.5) is 5.69 Å². The summed E-state index contributed by atoms with van der Waals surface area (Å²) >= 11 is 0. The lowest BCUT2D eigenvalue weighted by Crippen LogP contribution is -2.52. The maximum Gasteiger partial charge on any atom is 0.161 e. The fourth-order valence-electron chi connectivity index (χ4n) is 4.64. The molecule has 0 fully saturated rings. The van der Waals surface area contributed by atoms with Crippen LogP contribution in [0.1, 0.15) is 45.2 Å². The molecule has 3 atom stereocenters. The predicted octanol–water partition coefficient (Wildman–Crippen LogP) is 3.00. The Kier molecular flexibility index (Phi) is 3.95. The van der Waals surface area contributed by atoms with E-state index in [9.17, 15) is 4.79 Å². The second-order valence-corrected chi connectivity index (χ2v) is 8.80. The Morgan fingerprint density at radius 2 is 1.85 bits per heavy atom. The van der Waals surface area contributed by atoms with Crippen LogP contribution in [0.3, 0.4) is 0 Å². The number of nitrogens with zero attached hydrogens (tertiary/aromatic N) is 2. The summed E-state index contributed by atoms with van der Waals surface area (Å²) in [7, 11) is 4.07. The Hall–Kier alpha value is -2.14. The highest BCUT2D eigenvalue weighted by Crippen LogP contribution is 2.47. The van der Waals surface area contributed by atoms with Crippen LogP contribution in [0.25, 0.3) is 0 Å². The zero-order valence-electron chi connectivity index (χ0n) is 16.3. The van der Waals surface area contributed by atoms with Gasteiger partial charge in [0.1, 0.15) is 6.17 Å². The zero-order valence-corrected chi connectivity index (χ0v) is 16.3. The highest BCUT2D eigenvalue weighted by molar-refractivity contribution is 6.01. The van der Waals surface area contributed by atoms with E-state index < -0.39 is 0 Å². The summed E-state index contributed by atoms with van der Waals surface area (Å²) in [6, 6.07) is 8.43. The molecule has 0 saturated heterocycles. The molecule has 1 aromatic carbocycles. The van der Waals surface area contributed by atoms with Crippen molar-refractivity contribution in [2.45, 2.75) is 45.8 Å². The van der Waals surface area contributed by atoms with Crippen molar-refractivity contribution in [3.05, 3.63) is 41.0 Å². The minimum atomic E-state index is -0.0698. The number of hydrogen-bond donors (Lipinski definition) is 2. The first-order chi connectivity index (χ1) is 12.3. The van der Waals surface area contributed by atoms with Crippen molar-refractivity contribution < 1.29 is 4.79 Å². The van der Waals surface area contributed by atoms with Gasteiger partial charge in [-0.25, -0.2) is 0 Å². The SMILES string of the molecule is CC1=NN[C@@H]2N[C@H](c3ccc(N(C)C)cc3)C3=C(CC(C)(C)CC3=O)[C@@H]12. The molecule has 5 nitrogen and oxygen atoms in total. The van der Waals surface area contributed by atoms with Gasteiger partial charge in [-0.1, -0.05) is 26.0 Å². The summed E-state index contributed by atoms with van der Waals surface area (Å²) in [6.07, 6.45) is 1.63. The van der Waals surface area contributed by atoms with Crippen LogP contribution in [0.2, 0.25) is 0 Å². The monoisotopic (exact) mass is 352 g/mol. The lowest BCUT2D eigenvalue weighted by Gasteiger charge is -2.43. The minimum Gasteiger partial charge on any atom is -0.378 e. The summed E-state index contributed by atoms with van der Waals surface area (Å²) in [6.45, 7) is 6.45. The number of hydrazone groups is 1. The fourth-order valence-corrected chi connectivity index (χ4v) is 4.64. The van der Waals surface area contributed by atoms with Crippen molar-refractivity contribution in [2.75, 3.05) is 19.0 Å². The maximum atomic E-state index is 13.1. The molecule has 26 heavy (non-hydrogen) atoms. The number of nitrogens with one attached hydrogen (secondary N) is 2. The molecule has 0 amide bonds. The number of ketones is 1. The van der Waals surface area contributed by atoms with E-state index in [1.807, 2.05) is 14.1 Å². The first-order valence-electron chi connectivity index (χ1n) is 9.36. The minimum absolute atomic E-state index is 0.0139. The van der Waals surface area contributed by atoms with Gasteiger partial charge in [0.2, 0.25) is 0 Å². The quantitative estimate of drug-likeness (QED) is 0.859. The van der Waals surface area contributed by atoms with Crippen LogP contribution in [-0.4, -0.2) is 31.8 Å². The Balaban J connectivity index is 1.79. The number of benzene rings is 1. The molecule has 5 heteroatoms. The van der Waals surface area contributed by atoms with E-state index in [2.05, 4.69) is 65.8 Å². The fraction of sp³-hybridized carbons (Fsp3) is 0.524. The van der Waals surface area contributed by atoms with Crippen LogP contribution in [-0.2, 0) is 4.79 Å². The molecule has 1 aliphatic carbocycles. The normalized spacial score (nSPS) is 29.7. The lowest BCUT2D eigenvalue weighted by molar-refractivity contribution is -0.118. The molecule has 2 aliphatic heterocycles. The van der Waals surface area contributed by atoms with Crippen molar-refractivity contribution in [1.29, 1.82) is 0 Å². The Morgan fingerprint density at radius 1 is 1.15 bits per heavy atom. The Bertz CT molecular complexity index is 804. The van der Waals surface area contributed by atoms with Gasteiger partial charge < -0.3 is 4.90 Å². The number of rotatable bonds is 2. The molecule has 0 bridgehead atoms. The zero-order chi connectivity index (χ0) is 18.6. The van der Waals surface area contributed by atoms with Crippen LogP contribution < -0.4 is 15.6 Å². The number of carbonyl (C=O) groups is 1. The largest absolute Gasteiger partial charge is 0.378 e. The van der Waals surface area contributed by atoms with Crippen LogP contribution in [0.5, 0.6) is 0 Å². The van der Waals surface area contributed by atoms with E-state index >= 15 is 0 Å². The second-order valence-electron chi connectivity index (χ2n) is 8.80. The van der Waals surface area contributed by atoms with Crippen molar-refractivity contribution in [3.8, 4) is 0 Å². The molecular formula is C21H28N4O. The Morgan fingerprint density at radius 3 is 2.50 bits per heavy atom. The van der Waals surface area contributed by atoms with Crippen LogP contribution in [0, 0.1) is 11.3 Å². The first kappa shape index (κ1) is 17.3. The molecule has 2 N–H and O–H groups in total. The smallest absolute Gasteiger partial charge is 0.161 e. The third-order valence-corrected chi connectivity index (χ3v) is 5.87. The molecule has 0 saturated carbocycles. The summed E-state index contributed by atoms with van der Waals surface area (Å²) in [5.41, 5.74) is 8.87. The lowest BCUT2D eigenvalue weighted by atomic mass is 9.66. The molecule has 0 spiro atoms. The third kappa shape index (κ3) is 2.75. The topological polar surface area (TPSA) is 56.7 Å². The van der Waals surface area contributed by atoms with Gasteiger partial charge in [0, 0.05) is 37.5 Å². The standard InChI is InChI=1S/C21H28N4O/c1-12-17-15-10-21(2,3)11-16(26)18(15)19(22-20(17)24-23-12)13-6-8-14(9-7-13)25(4)5/h6-9,17,19-20,22,24H,10-11H2,1-5H3/t17-,19-,20+/m1/s1. The second kappa shape index (κ2) is 5.95. The molecule has 1 aromatic rings. The summed E-state index contributed by atoms with van der Waals surface area (Å²) in [5, 5.41) is 8.11. The molecular weight excluding hydrogens is 324 g/mol. The van der Waals surface area contributed by atoms with Crippen molar-refractivity contribution in [2.24, 2.45) is 16.4 Å². The highest BCUT2D eigenvalue weighted by Gasteiger charge is 2.47. The van der Waals surface area contributed by atoms with E-state index in [1.165, 1.54) is 5.57 Å². The number of fused-ring (bicyclic) bond motifs is 2. The number of hydrogen-bond acceptors (Lipinski definition) is 5. The van der Waals surface area contributed by atoms with Gasteiger partial charge in [-0.15, -0.1) is 0 Å². The molecule has 138 valence electrons. The third-order valence-electron chi connectivity index (χ3n) is 5.87. The van der Waals surface area contributed by atoms with Gasteiger partial charge >= 0.3 is 0 Å². The van der Waals surface area contributed by atoms with E-state index in [0.717, 1.165) is 29.0 Å². The van der Waals surface area contributed by atoms with Crippen molar-refractivity contribution in [3.63, 3.8) is 0 Å². The van der Waals surface area contributed by atoms with Gasteiger partial charge in [0.15, 0.2) is 5.78 Å². The molecule has 0 aromatic heterocycles. The molecule has 3 aliphatic rings. The maximum absolute atomic E-state index is 13.1. The number of anilines is 1. The molecule has 0 radical (unpaired) electrons. The van der Waals surface area contributed by atoms with E-state index in [1.54, 1.807) is 0 Å². The van der Waals surface area contributed by atoms with Gasteiger partial charge in [-0.3, -0.25) is 15.5 Å². The first-order valence-corrected chi connectivity index (χ1v) is 9.36. The van der Waals surface area contributed by atoms with Crippen molar-refractivity contribution in [1.82, 2.24) is 10.7 Å². The van der Waals surface area contributed by atoms with E-state index in [4.69, 9.17) is 0 Å². The van der Waals surface area contributed by atoms with E-state index in [0.29, 0.717) is 6.42 Å². The molecule has 0 unspecified atom stereocenters. The molecule has 4 rings (SSSR count). The molecule has 2 heterocycles. The van der Waals surface area contributed by atoms with Gasteiger partial charge in [0.05, 0.1) is 12.0 Å².